The second-order valence-electron chi connectivity index (χ2n) is 6.82. The third kappa shape index (κ3) is 7.45. The molecule has 1 saturated heterocycles. The van der Waals surface area contributed by atoms with Crippen molar-refractivity contribution in [3.05, 3.63) is 35.9 Å². The largest absolute Gasteiger partial charge is 0.376 e. The first-order valence-corrected chi connectivity index (χ1v) is 9.57. The van der Waals surface area contributed by atoms with Crippen LogP contribution in [0.1, 0.15) is 38.7 Å². The van der Waals surface area contributed by atoms with E-state index in [1.54, 1.807) is 0 Å². The van der Waals surface area contributed by atoms with Gasteiger partial charge in [0.1, 0.15) is 0 Å². The Kier molecular flexibility index (Phi) is 8.77. The van der Waals surface area contributed by atoms with E-state index in [1.807, 2.05) is 0 Å². The smallest absolute Gasteiger partial charge is 0.191 e. The standard InChI is InChI=1S/C20H34N4O/c1-4-21-20(23-15-19-11-8-14-25-19)22-13-12-17(2)24(3)16-18-9-6-5-7-10-18/h5-7,9-10,17,19H,4,8,11-16H2,1-3H3,(H2,21,22,23). The average molecular weight is 347 g/mol. The third-order valence-corrected chi connectivity index (χ3v) is 4.70. The fraction of sp³-hybridized carbons (Fsp3) is 0.650. The van der Waals surface area contributed by atoms with E-state index in [0.29, 0.717) is 12.1 Å². The second kappa shape index (κ2) is 11.1. The SMILES string of the molecule is CCNC(=NCC1CCCO1)NCCC(C)N(C)Cc1ccccc1. The molecule has 0 aliphatic carbocycles. The molecule has 0 radical (unpaired) electrons. The van der Waals surface area contributed by atoms with Crippen molar-refractivity contribution in [2.45, 2.75) is 51.8 Å². The summed E-state index contributed by atoms with van der Waals surface area (Å²) in [7, 11) is 2.19. The molecule has 2 rings (SSSR count). The number of nitrogens with zero attached hydrogens (tertiary/aromatic N) is 2. The van der Waals surface area contributed by atoms with Crippen LogP contribution < -0.4 is 10.6 Å². The fourth-order valence-electron chi connectivity index (χ4n) is 2.97. The summed E-state index contributed by atoms with van der Waals surface area (Å²) < 4.78 is 5.64. The van der Waals surface area contributed by atoms with E-state index in [1.165, 1.54) is 5.56 Å². The molecule has 0 bridgehead atoms. The maximum Gasteiger partial charge on any atom is 0.191 e. The molecule has 25 heavy (non-hydrogen) atoms. The molecule has 1 aromatic carbocycles. The summed E-state index contributed by atoms with van der Waals surface area (Å²) in [6, 6.07) is 11.1. The lowest BCUT2D eigenvalue weighted by atomic mass is 10.1. The van der Waals surface area contributed by atoms with Crippen molar-refractivity contribution in [1.82, 2.24) is 15.5 Å². The Balaban J connectivity index is 1.71. The maximum atomic E-state index is 5.64. The topological polar surface area (TPSA) is 48.9 Å². The van der Waals surface area contributed by atoms with Gasteiger partial charge in [0.25, 0.3) is 0 Å². The lowest BCUT2D eigenvalue weighted by Crippen LogP contribution is -2.40. The summed E-state index contributed by atoms with van der Waals surface area (Å²) in [4.78, 5) is 7.06. The zero-order valence-corrected chi connectivity index (χ0v) is 16.0. The average Bonchev–Trinajstić information content (AvgIpc) is 3.14. The molecule has 1 heterocycles. The Morgan fingerprint density at radius 2 is 2.12 bits per heavy atom. The van der Waals surface area contributed by atoms with Crippen molar-refractivity contribution in [2.24, 2.45) is 4.99 Å². The molecule has 0 aromatic heterocycles. The highest BCUT2D eigenvalue weighted by Gasteiger charge is 2.15. The van der Waals surface area contributed by atoms with Crippen LogP contribution in [-0.2, 0) is 11.3 Å². The first kappa shape index (κ1) is 19.7. The van der Waals surface area contributed by atoms with Crippen molar-refractivity contribution < 1.29 is 4.74 Å². The Labute approximate surface area is 152 Å². The van der Waals surface area contributed by atoms with E-state index in [9.17, 15) is 0 Å². The van der Waals surface area contributed by atoms with E-state index in [2.05, 4.69) is 71.8 Å². The molecule has 0 spiro atoms. The minimum atomic E-state index is 0.298. The van der Waals surface area contributed by atoms with Crippen LogP contribution in [0.15, 0.2) is 35.3 Å². The lowest BCUT2D eigenvalue weighted by molar-refractivity contribution is 0.117. The quantitative estimate of drug-likeness (QED) is 0.533. The molecule has 0 saturated carbocycles. The Hall–Kier alpha value is -1.59. The molecular formula is C20H34N4O. The lowest BCUT2D eigenvalue weighted by Gasteiger charge is -2.25. The van der Waals surface area contributed by atoms with Crippen LogP contribution in [0.3, 0.4) is 0 Å². The van der Waals surface area contributed by atoms with Gasteiger partial charge >= 0.3 is 0 Å². The third-order valence-electron chi connectivity index (χ3n) is 4.70. The van der Waals surface area contributed by atoms with Crippen LogP contribution in [0, 0.1) is 0 Å². The highest BCUT2D eigenvalue weighted by atomic mass is 16.5. The molecule has 1 fully saturated rings. The molecule has 2 atom stereocenters. The Morgan fingerprint density at radius 3 is 2.80 bits per heavy atom. The van der Waals surface area contributed by atoms with Crippen molar-refractivity contribution >= 4 is 5.96 Å². The number of guanidine groups is 1. The summed E-state index contributed by atoms with van der Waals surface area (Å²) in [5, 5.41) is 6.77. The Morgan fingerprint density at radius 1 is 1.32 bits per heavy atom. The highest BCUT2D eigenvalue weighted by Crippen LogP contribution is 2.11. The van der Waals surface area contributed by atoms with E-state index in [4.69, 9.17) is 4.74 Å². The Bertz CT molecular complexity index is 500. The van der Waals surface area contributed by atoms with Gasteiger partial charge in [0.15, 0.2) is 5.96 Å². The van der Waals surface area contributed by atoms with Crippen LogP contribution in [0.2, 0.25) is 0 Å². The van der Waals surface area contributed by atoms with Gasteiger partial charge in [-0.1, -0.05) is 30.3 Å². The monoisotopic (exact) mass is 346 g/mol. The second-order valence-corrected chi connectivity index (χ2v) is 6.82. The summed E-state index contributed by atoms with van der Waals surface area (Å²) in [6.07, 6.45) is 3.67. The van der Waals surface area contributed by atoms with Crippen molar-refractivity contribution in [1.29, 1.82) is 0 Å². The van der Waals surface area contributed by atoms with Crippen LogP contribution in [-0.4, -0.2) is 56.3 Å². The van der Waals surface area contributed by atoms with Gasteiger partial charge in [-0.15, -0.1) is 0 Å². The molecule has 5 nitrogen and oxygen atoms in total. The normalized spacial score (nSPS) is 19.2. The van der Waals surface area contributed by atoms with Crippen LogP contribution in [0.4, 0.5) is 0 Å². The predicted molar refractivity (Wildman–Crippen MR) is 105 cm³/mol. The summed E-state index contributed by atoms with van der Waals surface area (Å²) in [6.45, 7) is 8.78. The van der Waals surface area contributed by atoms with Gasteiger partial charge < -0.3 is 15.4 Å². The number of aliphatic imine (C=N–C) groups is 1. The number of benzene rings is 1. The van der Waals surface area contributed by atoms with E-state index in [0.717, 1.165) is 58.0 Å². The van der Waals surface area contributed by atoms with Gasteiger partial charge in [-0.25, -0.2) is 0 Å². The van der Waals surface area contributed by atoms with Crippen LogP contribution >= 0.6 is 0 Å². The van der Waals surface area contributed by atoms with E-state index < -0.39 is 0 Å². The van der Waals surface area contributed by atoms with Gasteiger partial charge in [0, 0.05) is 32.3 Å². The summed E-state index contributed by atoms with van der Waals surface area (Å²) in [5.74, 6) is 0.899. The molecule has 1 aromatic rings. The van der Waals surface area contributed by atoms with Gasteiger partial charge in [-0.05, 0) is 45.7 Å². The fourth-order valence-corrected chi connectivity index (χ4v) is 2.97. The molecule has 1 aliphatic rings. The zero-order valence-electron chi connectivity index (χ0n) is 16.0. The van der Waals surface area contributed by atoms with Gasteiger partial charge in [0.05, 0.1) is 12.6 Å². The number of ether oxygens (including phenoxy) is 1. The first-order valence-electron chi connectivity index (χ1n) is 9.57. The number of hydrogen-bond acceptors (Lipinski definition) is 3. The number of rotatable bonds is 9. The maximum absolute atomic E-state index is 5.64. The molecule has 2 unspecified atom stereocenters. The minimum absolute atomic E-state index is 0.298. The van der Waals surface area contributed by atoms with E-state index in [-0.39, 0.29) is 0 Å². The van der Waals surface area contributed by atoms with E-state index >= 15 is 0 Å². The molecular weight excluding hydrogens is 312 g/mol. The zero-order chi connectivity index (χ0) is 17.9. The van der Waals surface area contributed by atoms with Crippen LogP contribution in [0.25, 0.3) is 0 Å². The van der Waals surface area contributed by atoms with Gasteiger partial charge in [-0.3, -0.25) is 9.89 Å². The number of nitrogens with one attached hydrogen (secondary N) is 2. The van der Waals surface area contributed by atoms with Crippen molar-refractivity contribution in [3.8, 4) is 0 Å². The van der Waals surface area contributed by atoms with Crippen molar-refractivity contribution in [2.75, 3.05) is 33.3 Å². The molecule has 0 amide bonds. The minimum Gasteiger partial charge on any atom is -0.376 e. The molecule has 1 aliphatic heterocycles. The first-order chi connectivity index (χ1) is 12.2. The number of hydrogen-bond donors (Lipinski definition) is 2. The predicted octanol–water partition coefficient (Wildman–Crippen LogP) is 2.63. The van der Waals surface area contributed by atoms with Gasteiger partial charge in [-0.2, -0.15) is 0 Å². The molecule has 5 heteroatoms. The van der Waals surface area contributed by atoms with Gasteiger partial charge in [0.2, 0.25) is 0 Å². The summed E-state index contributed by atoms with van der Waals surface area (Å²) in [5.41, 5.74) is 1.36. The molecule has 140 valence electrons. The molecule has 2 N–H and O–H groups in total. The summed E-state index contributed by atoms with van der Waals surface area (Å²) >= 11 is 0. The highest BCUT2D eigenvalue weighted by molar-refractivity contribution is 5.79. The van der Waals surface area contributed by atoms with Crippen molar-refractivity contribution in [3.63, 3.8) is 0 Å². The van der Waals surface area contributed by atoms with Crippen LogP contribution in [0.5, 0.6) is 0 Å².